The van der Waals surface area contributed by atoms with Crippen molar-refractivity contribution in [1.29, 1.82) is 0 Å². The van der Waals surface area contributed by atoms with Crippen LogP contribution in [0.4, 0.5) is 0 Å². The summed E-state index contributed by atoms with van der Waals surface area (Å²) in [6.45, 7) is 7.89. The molecule has 0 saturated carbocycles. The summed E-state index contributed by atoms with van der Waals surface area (Å²) in [5.41, 5.74) is 0. The van der Waals surface area contributed by atoms with Gasteiger partial charge in [0.25, 0.3) is 0 Å². The molecule has 1 atom stereocenters. The van der Waals surface area contributed by atoms with E-state index < -0.39 is 0 Å². The van der Waals surface area contributed by atoms with Gasteiger partial charge in [-0.3, -0.25) is 14.4 Å². The lowest BCUT2D eigenvalue weighted by Crippen LogP contribution is -2.32. The predicted molar refractivity (Wildman–Crippen MR) is 185 cm³/mol. The molecule has 0 heterocycles. The lowest BCUT2D eigenvalue weighted by Gasteiger charge is -2.16. The van der Waals surface area contributed by atoms with Crippen LogP contribution in [0, 0.1) is 5.92 Å². The minimum absolute atomic E-state index is 0.0228. The second-order valence-electron chi connectivity index (χ2n) is 13.1. The Bertz CT molecular complexity index is 637. The highest BCUT2D eigenvalue weighted by molar-refractivity contribution is 5.86. The Morgan fingerprint density at radius 3 is 1.35 bits per heavy atom. The molecule has 2 N–H and O–H groups in total. The number of Topliss-reactive ketones (excluding diaryl/α,β-unsaturated/α-hetero) is 1. The molecular weight excluding hydrogens is 532 g/mol. The number of ketones is 1. The van der Waals surface area contributed by atoms with Gasteiger partial charge in [0.2, 0.25) is 11.8 Å². The van der Waals surface area contributed by atoms with Crippen LogP contribution in [0.25, 0.3) is 0 Å². The van der Waals surface area contributed by atoms with Crippen molar-refractivity contribution in [2.24, 2.45) is 5.92 Å². The molecule has 0 aromatic rings. The van der Waals surface area contributed by atoms with E-state index in [4.69, 9.17) is 0 Å². The Morgan fingerprint density at radius 1 is 0.442 bits per heavy atom. The highest BCUT2D eigenvalue weighted by Gasteiger charge is 2.21. The fourth-order valence-electron chi connectivity index (χ4n) is 5.86. The molecule has 0 fully saturated rings. The molecule has 0 aliphatic heterocycles. The average molecular weight is 607 g/mol. The van der Waals surface area contributed by atoms with Gasteiger partial charge in [-0.1, -0.05) is 156 Å². The van der Waals surface area contributed by atoms with Crippen molar-refractivity contribution in [3.8, 4) is 0 Å². The Kier molecular flexibility index (Phi) is 32.4. The molecular formula is C38H74N2O3. The van der Waals surface area contributed by atoms with Crippen LogP contribution in [0.15, 0.2) is 0 Å². The second-order valence-corrected chi connectivity index (χ2v) is 13.1. The van der Waals surface area contributed by atoms with Gasteiger partial charge in [-0.15, -0.1) is 0 Å². The first-order chi connectivity index (χ1) is 21.0. The number of carbonyl (C=O) groups excluding carboxylic acids is 3. The zero-order chi connectivity index (χ0) is 31.6. The third-order valence-electron chi connectivity index (χ3n) is 8.76. The third kappa shape index (κ3) is 30.4. The Morgan fingerprint density at radius 2 is 0.884 bits per heavy atom. The number of amides is 2. The summed E-state index contributed by atoms with van der Waals surface area (Å²) in [6.07, 6.45) is 33.1. The average Bonchev–Trinajstić information content (AvgIpc) is 3.00. The van der Waals surface area contributed by atoms with Crippen molar-refractivity contribution < 1.29 is 14.4 Å². The molecule has 0 saturated heterocycles. The van der Waals surface area contributed by atoms with Gasteiger partial charge in [-0.05, 0) is 32.1 Å². The van der Waals surface area contributed by atoms with Crippen LogP contribution in [0.5, 0.6) is 0 Å². The van der Waals surface area contributed by atoms with E-state index in [0.717, 1.165) is 44.9 Å². The van der Waals surface area contributed by atoms with Crippen LogP contribution in [-0.2, 0) is 14.4 Å². The minimum atomic E-state index is -0.237. The number of nitrogens with one attached hydrogen (secondary N) is 2. The maximum atomic E-state index is 12.7. The minimum Gasteiger partial charge on any atom is -0.356 e. The summed E-state index contributed by atoms with van der Waals surface area (Å²) < 4.78 is 0. The van der Waals surface area contributed by atoms with Gasteiger partial charge in [0.15, 0.2) is 0 Å². The van der Waals surface area contributed by atoms with Crippen LogP contribution in [0.1, 0.15) is 207 Å². The van der Waals surface area contributed by atoms with Gasteiger partial charge >= 0.3 is 0 Å². The normalized spacial score (nSPS) is 11.9. The molecule has 43 heavy (non-hydrogen) atoms. The van der Waals surface area contributed by atoms with Gasteiger partial charge < -0.3 is 10.6 Å². The lowest BCUT2D eigenvalue weighted by molar-refractivity contribution is -0.129. The van der Waals surface area contributed by atoms with Gasteiger partial charge in [0.05, 0.1) is 0 Å². The third-order valence-corrected chi connectivity index (χ3v) is 8.76. The number of unbranched alkanes of at least 4 members (excludes halogenated alkanes) is 21. The highest BCUT2D eigenvalue weighted by Crippen LogP contribution is 2.18. The van der Waals surface area contributed by atoms with E-state index in [2.05, 4.69) is 24.5 Å². The summed E-state index contributed by atoms with van der Waals surface area (Å²) in [6, 6.07) is 0. The van der Waals surface area contributed by atoms with Gasteiger partial charge in [0, 0.05) is 38.3 Å². The molecule has 2 amide bonds. The fourth-order valence-corrected chi connectivity index (χ4v) is 5.86. The number of hydrogen-bond acceptors (Lipinski definition) is 3. The number of rotatable bonds is 34. The molecule has 0 radical (unpaired) electrons. The van der Waals surface area contributed by atoms with Crippen molar-refractivity contribution >= 4 is 17.6 Å². The van der Waals surface area contributed by atoms with Crippen LogP contribution in [0.3, 0.4) is 0 Å². The Hall–Kier alpha value is -1.39. The largest absolute Gasteiger partial charge is 0.356 e. The number of carbonyl (C=O) groups is 3. The van der Waals surface area contributed by atoms with E-state index in [1.54, 1.807) is 0 Å². The SMILES string of the molecule is CCCCCCCCCCCCCC(=O)C[C@@H](CCCCNC(=O)CCCCCCCCCCCCC)C(=O)NCCC. The Balaban J connectivity index is 3.94. The second kappa shape index (κ2) is 33.5. The van der Waals surface area contributed by atoms with Gasteiger partial charge in [-0.2, -0.15) is 0 Å². The molecule has 0 aromatic heterocycles. The molecule has 5 nitrogen and oxygen atoms in total. The monoisotopic (exact) mass is 607 g/mol. The molecule has 254 valence electrons. The summed E-state index contributed by atoms with van der Waals surface area (Å²) in [4.78, 5) is 37.6. The molecule has 0 bridgehead atoms. The van der Waals surface area contributed by atoms with E-state index in [9.17, 15) is 14.4 Å². The highest BCUT2D eigenvalue weighted by atomic mass is 16.2. The maximum Gasteiger partial charge on any atom is 0.223 e. The zero-order valence-corrected chi connectivity index (χ0v) is 29.2. The fraction of sp³-hybridized carbons (Fsp3) is 0.921. The quantitative estimate of drug-likeness (QED) is 0.0715. The van der Waals surface area contributed by atoms with Crippen molar-refractivity contribution in [3.63, 3.8) is 0 Å². The molecule has 0 unspecified atom stereocenters. The predicted octanol–water partition coefficient (Wildman–Crippen LogP) is 10.8. The van der Waals surface area contributed by atoms with Crippen LogP contribution in [-0.4, -0.2) is 30.7 Å². The summed E-state index contributed by atoms with van der Waals surface area (Å²) in [5.74, 6) is 0.164. The van der Waals surface area contributed by atoms with Crippen molar-refractivity contribution in [2.75, 3.05) is 13.1 Å². The van der Waals surface area contributed by atoms with Crippen LogP contribution >= 0.6 is 0 Å². The summed E-state index contributed by atoms with van der Waals surface area (Å²) >= 11 is 0. The van der Waals surface area contributed by atoms with Crippen LogP contribution < -0.4 is 10.6 Å². The summed E-state index contributed by atoms with van der Waals surface area (Å²) in [5, 5.41) is 6.06. The van der Waals surface area contributed by atoms with E-state index >= 15 is 0 Å². The standard InChI is InChI=1S/C38H74N2O3/c1-4-7-9-11-13-15-17-19-21-23-25-30-36(41)34-35(38(43)40-32-6-3)29-27-28-33-39-37(42)31-26-24-22-20-18-16-14-12-10-8-5-2/h35H,4-34H2,1-3H3,(H,39,42)(H,40,43)/t35-/m1/s1. The smallest absolute Gasteiger partial charge is 0.223 e. The van der Waals surface area contributed by atoms with E-state index in [-0.39, 0.29) is 23.5 Å². The number of hydrogen-bond donors (Lipinski definition) is 2. The van der Waals surface area contributed by atoms with Crippen molar-refractivity contribution in [1.82, 2.24) is 10.6 Å². The first kappa shape index (κ1) is 41.6. The van der Waals surface area contributed by atoms with E-state index in [1.807, 2.05) is 6.92 Å². The Labute approximate surface area is 268 Å². The maximum absolute atomic E-state index is 12.7. The first-order valence-corrected chi connectivity index (χ1v) is 19.1. The molecule has 0 aromatic carbocycles. The van der Waals surface area contributed by atoms with E-state index in [0.29, 0.717) is 38.8 Å². The lowest BCUT2D eigenvalue weighted by atomic mass is 9.93. The molecule has 5 heteroatoms. The summed E-state index contributed by atoms with van der Waals surface area (Å²) in [7, 11) is 0. The van der Waals surface area contributed by atoms with Crippen molar-refractivity contribution in [3.05, 3.63) is 0 Å². The molecule has 0 aliphatic carbocycles. The zero-order valence-electron chi connectivity index (χ0n) is 29.2. The molecule has 0 aliphatic rings. The van der Waals surface area contributed by atoms with Crippen molar-refractivity contribution in [2.45, 2.75) is 207 Å². The molecule has 0 spiro atoms. The molecule has 0 rings (SSSR count). The first-order valence-electron chi connectivity index (χ1n) is 19.1. The topological polar surface area (TPSA) is 75.3 Å². The van der Waals surface area contributed by atoms with E-state index in [1.165, 1.54) is 116 Å². The van der Waals surface area contributed by atoms with Crippen LogP contribution in [0.2, 0.25) is 0 Å². The van der Waals surface area contributed by atoms with Gasteiger partial charge in [0.1, 0.15) is 5.78 Å². The van der Waals surface area contributed by atoms with Gasteiger partial charge in [-0.25, -0.2) is 0 Å².